The number of rotatable bonds is 4. The molecule has 0 saturated heterocycles. The molecule has 0 aliphatic carbocycles. The lowest BCUT2D eigenvalue weighted by atomic mass is 10.1. The summed E-state index contributed by atoms with van der Waals surface area (Å²) in [6, 6.07) is 3.79. The highest BCUT2D eigenvalue weighted by molar-refractivity contribution is 6.00. The van der Waals surface area contributed by atoms with E-state index in [1.165, 1.54) is 18.2 Å². The zero-order valence-corrected chi connectivity index (χ0v) is 9.49. The third-order valence-corrected chi connectivity index (χ3v) is 2.06. The number of amides is 2. The van der Waals surface area contributed by atoms with Gasteiger partial charge < -0.3 is 21.5 Å². The van der Waals surface area contributed by atoms with Crippen LogP contribution in [-0.2, 0) is 0 Å². The van der Waals surface area contributed by atoms with Crippen LogP contribution in [0.5, 0.6) is 0 Å². The minimum atomic E-state index is -1.12. The molecule has 92 valence electrons. The number of benzene rings is 1. The molecule has 0 aromatic heterocycles. The van der Waals surface area contributed by atoms with Crippen molar-refractivity contribution < 1.29 is 14.7 Å². The number of carboxylic acids is 1. The summed E-state index contributed by atoms with van der Waals surface area (Å²) in [7, 11) is 0. The fourth-order valence-electron chi connectivity index (χ4n) is 1.26. The maximum Gasteiger partial charge on any atom is 0.337 e. The smallest absolute Gasteiger partial charge is 0.337 e. The van der Waals surface area contributed by atoms with Crippen LogP contribution in [0.1, 0.15) is 23.7 Å². The van der Waals surface area contributed by atoms with Crippen LogP contribution in [0.2, 0.25) is 0 Å². The average Bonchev–Trinajstić information content (AvgIpc) is 2.26. The molecule has 0 heterocycles. The number of hydrogen-bond acceptors (Lipinski definition) is 3. The molecule has 6 heteroatoms. The Hall–Kier alpha value is -2.24. The number of anilines is 2. The summed E-state index contributed by atoms with van der Waals surface area (Å²) in [6.45, 7) is 2.44. The van der Waals surface area contributed by atoms with Crippen LogP contribution in [0.25, 0.3) is 0 Å². The van der Waals surface area contributed by atoms with E-state index < -0.39 is 12.0 Å². The Morgan fingerprint density at radius 3 is 2.71 bits per heavy atom. The van der Waals surface area contributed by atoms with Gasteiger partial charge in [0.1, 0.15) is 0 Å². The van der Waals surface area contributed by atoms with Crippen LogP contribution in [0.4, 0.5) is 16.2 Å². The first-order valence-electron chi connectivity index (χ1n) is 5.22. The fraction of sp³-hybridized carbons (Fsp3) is 0.273. The summed E-state index contributed by atoms with van der Waals surface area (Å²) in [5.41, 5.74) is 6.12. The molecule has 0 atom stereocenters. The summed E-state index contributed by atoms with van der Waals surface area (Å²) in [5.74, 6) is -1.12. The van der Waals surface area contributed by atoms with E-state index in [4.69, 9.17) is 10.8 Å². The molecular weight excluding hydrogens is 222 g/mol. The van der Waals surface area contributed by atoms with Gasteiger partial charge in [-0.3, -0.25) is 0 Å². The monoisotopic (exact) mass is 237 g/mol. The Morgan fingerprint density at radius 2 is 2.12 bits per heavy atom. The second-order valence-corrected chi connectivity index (χ2v) is 3.49. The van der Waals surface area contributed by atoms with Crippen molar-refractivity contribution in [2.24, 2.45) is 0 Å². The summed E-state index contributed by atoms with van der Waals surface area (Å²) >= 11 is 0. The van der Waals surface area contributed by atoms with Crippen molar-refractivity contribution in [1.82, 2.24) is 5.32 Å². The van der Waals surface area contributed by atoms with Crippen molar-refractivity contribution in [2.75, 3.05) is 17.6 Å². The number of carboxylic acid groups (broad SMARTS) is 1. The Balaban J connectivity index is 2.85. The van der Waals surface area contributed by atoms with Gasteiger partial charge >= 0.3 is 12.0 Å². The topological polar surface area (TPSA) is 104 Å². The highest BCUT2D eigenvalue weighted by Gasteiger charge is 2.12. The lowest BCUT2D eigenvalue weighted by Gasteiger charge is -2.10. The van der Waals surface area contributed by atoms with Crippen molar-refractivity contribution in [1.29, 1.82) is 0 Å². The van der Waals surface area contributed by atoms with Gasteiger partial charge in [0.2, 0.25) is 0 Å². The van der Waals surface area contributed by atoms with Gasteiger partial charge in [0.15, 0.2) is 0 Å². The molecule has 0 saturated carbocycles. The van der Waals surface area contributed by atoms with E-state index in [9.17, 15) is 9.59 Å². The number of nitrogens with one attached hydrogen (secondary N) is 2. The molecule has 0 fully saturated rings. The Bertz CT molecular complexity index is 432. The zero-order chi connectivity index (χ0) is 12.8. The molecule has 6 nitrogen and oxygen atoms in total. The number of aromatic carboxylic acids is 1. The van der Waals surface area contributed by atoms with E-state index in [0.29, 0.717) is 12.2 Å². The molecular formula is C11H15N3O3. The lowest BCUT2D eigenvalue weighted by molar-refractivity contribution is 0.0698. The standard InChI is InChI=1S/C11H15N3O3/c1-2-5-13-11(17)14-9-6-7(12)3-4-8(9)10(15)16/h3-4,6H,2,5,12H2,1H3,(H,15,16)(H2,13,14,17). The average molecular weight is 237 g/mol. The molecule has 0 radical (unpaired) electrons. The van der Waals surface area contributed by atoms with Crippen LogP contribution < -0.4 is 16.4 Å². The molecule has 5 N–H and O–H groups in total. The van der Waals surface area contributed by atoms with Crippen LogP contribution >= 0.6 is 0 Å². The molecule has 17 heavy (non-hydrogen) atoms. The van der Waals surface area contributed by atoms with Crippen LogP contribution in [-0.4, -0.2) is 23.7 Å². The highest BCUT2D eigenvalue weighted by atomic mass is 16.4. The van der Waals surface area contributed by atoms with Gasteiger partial charge in [-0.2, -0.15) is 0 Å². The third-order valence-electron chi connectivity index (χ3n) is 2.06. The second kappa shape index (κ2) is 5.74. The molecule has 2 amide bonds. The number of carbonyl (C=O) groups excluding carboxylic acids is 1. The molecule has 1 aromatic rings. The minimum absolute atomic E-state index is 0.00542. The summed E-state index contributed by atoms with van der Waals surface area (Å²) in [5, 5.41) is 14.0. The van der Waals surface area contributed by atoms with Crippen LogP contribution in [0, 0.1) is 0 Å². The zero-order valence-electron chi connectivity index (χ0n) is 9.49. The highest BCUT2D eigenvalue weighted by Crippen LogP contribution is 2.19. The van der Waals surface area contributed by atoms with E-state index in [2.05, 4.69) is 10.6 Å². The van der Waals surface area contributed by atoms with E-state index in [1.807, 2.05) is 6.92 Å². The van der Waals surface area contributed by atoms with Crippen molar-refractivity contribution in [3.05, 3.63) is 23.8 Å². The molecule has 0 aliphatic heterocycles. The third kappa shape index (κ3) is 3.67. The van der Waals surface area contributed by atoms with Gasteiger partial charge in [0, 0.05) is 12.2 Å². The van der Waals surface area contributed by atoms with E-state index >= 15 is 0 Å². The van der Waals surface area contributed by atoms with Crippen molar-refractivity contribution >= 4 is 23.4 Å². The van der Waals surface area contributed by atoms with Gasteiger partial charge in [-0.25, -0.2) is 9.59 Å². The Morgan fingerprint density at radius 1 is 1.41 bits per heavy atom. The maximum atomic E-state index is 11.4. The van der Waals surface area contributed by atoms with E-state index in [-0.39, 0.29) is 11.3 Å². The second-order valence-electron chi connectivity index (χ2n) is 3.49. The SMILES string of the molecule is CCCNC(=O)Nc1cc(N)ccc1C(=O)O. The number of nitrogen functional groups attached to an aromatic ring is 1. The van der Waals surface area contributed by atoms with Crippen molar-refractivity contribution in [2.45, 2.75) is 13.3 Å². The normalized spacial score (nSPS) is 9.71. The van der Waals surface area contributed by atoms with E-state index in [1.54, 1.807) is 0 Å². The summed E-state index contributed by atoms with van der Waals surface area (Å²) in [6.07, 6.45) is 0.802. The van der Waals surface area contributed by atoms with Crippen molar-refractivity contribution in [3.8, 4) is 0 Å². The van der Waals surface area contributed by atoms with Crippen molar-refractivity contribution in [3.63, 3.8) is 0 Å². The van der Waals surface area contributed by atoms with Crippen LogP contribution in [0.15, 0.2) is 18.2 Å². The quantitative estimate of drug-likeness (QED) is 0.595. The molecule has 0 aliphatic rings. The molecule has 0 unspecified atom stereocenters. The van der Waals surface area contributed by atoms with Gasteiger partial charge in [-0.1, -0.05) is 6.92 Å². The number of nitrogens with two attached hydrogens (primary N) is 1. The molecule has 0 bridgehead atoms. The van der Waals surface area contributed by atoms with Crippen LogP contribution in [0.3, 0.4) is 0 Å². The summed E-state index contributed by atoms with van der Waals surface area (Å²) in [4.78, 5) is 22.3. The van der Waals surface area contributed by atoms with Gasteiger partial charge in [0.25, 0.3) is 0 Å². The maximum absolute atomic E-state index is 11.4. The predicted octanol–water partition coefficient (Wildman–Crippen LogP) is 1.50. The first-order chi connectivity index (χ1) is 8.04. The molecule has 1 aromatic carbocycles. The largest absolute Gasteiger partial charge is 0.478 e. The van der Waals surface area contributed by atoms with Gasteiger partial charge in [-0.05, 0) is 24.6 Å². The number of urea groups is 1. The summed E-state index contributed by atoms with van der Waals surface area (Å²) < 4.78 is 0. The predicted molar refractivity (Wildman–Crippen MR) is 65.1 cm³/mol. The Kier molecular flexibility index (Phi) is 4.33. The number of carbonyl (C=O) groups is 2. The first-order valence-corrected chi connectivity index (χ1v) is 5.22. The molecule has 1 rings (SSSR count). The Labute approximate surface area is 98.8 Å². The van der Waals surface area contributed by atoms with Gasteiger partial charge in [-0.15, -0.1) is 0 Å². The first kappa shape index (κ1) is 12.8. The van der Waals surface area contributed by atoms with Gasteiger partial charge in [0.05, 0.1) is 11.3 Å². The minimum Gasteiger partial charge on any atom is -0.478 e. The number of hydrogen-bond donors (Lipinski definition) is 4. The molecule has 0 spiro atoms. The lowest BCUT2D eigenvalue weighted by Crippen LogP contribution is -2.29. The fourth-order valence-corrected chi connectivity index (χ4v) is 1.26. The van der Waals surface area contributed by atoms with E-state index in [0.717, 1.165) is 6.42 Å².